The first kappa shape index (κ1) is 19.5. The van der Waals surface area contributed by atoms with Gasteiger partial charge in [-0.2, -0.15) is 0 Å². The molecule has 0 spiro atoms. The van der Waals surface area contributed by atoms with Crippen LogP contribution in [0.25, 0.3) is 0 Å². The van der Waals surface area contributed by atoms with Crippen LogP contribution in [0, 0.1) is 0 Å². The summed E-state index contributed by atoms with van der Waals surface area (Å²) < 4.78 is 5.07. The highest BCUT2D eigenvalue weighted by atomic mass is 35.5. The number of ether oxygens (including phenoxy) is 1. The number of benzene rings is 2. The van der Waals surface area contributed by atoms with E-state index in [1.54, 1.807) is 48.5 Å². The van der Waals surface area contributed by atoms with E-state index in [2.05, 4.69) is 10.6 Å². The third-order valence-electron chi connectivity index (χ3n) is 3.44. The molecule has 2 rings (SSSR count). The van der Waals surface area contributed by atoms with Gasteiger partial charge >= 0.3 is 5.97 Å². The molecule has 2 aromatic carbocycles. The minimum absolute atomic E-state index is 0.0394. The molecule has 0 aromatic heterocycles. The van der Waals surface area contributed by atoms with E-state index in [9.17, 15) is 14.4 Å². The van der Waals surface area contributed by atoms with Gasteiger partial charge in [0, 0.05) is 22.8 Å². The fourth-order valence-electron chi connectivity index (χ4n) is 2.06. The second-order valence-corrected chi connectivity index (χ2v) is 5.94. The second kappa shape index (κ2) is 9.58. The molecule has 0 unspecified atom stereocenters. The highest BCUT2D eigenvalue weighted by Crippen LogP contribution is 2.09. The molecule has 0 aliphatic heterocycles. The van der Waals surface area contributed by atoms with Crippen LogP contribution in [-0.4, -0.2) is 30.4 Å². The Hall–Kier alpha value is -2.86. The Balaban J connectivity index is 1.71. The maximum absolute atomic E-state index is 12.0. The predicted molar refractivity (Wildman–Crippen MR) is 99.0 cm³/mol. The van der Waals surface area contributed by atoms with Crippen LogP contribution in [0.3, 0.4) is 0 Å². The summed E-state index contributed by atoms with van der Waals surface area (Å²) in [6.07, 6.45) is -0.975. The van der Waals surface area contributed by atoms with Crippen molar-refractivity contribution < 1.29 is 19.1 Å². The van der Waals surface area contributed by atoms with E-state index in [1.807, 2.05) is 6.07 Å². The first-order chi connectivity index (χ1) is 12.5. The fraction of sp³-hybridized carbons (Fsp3) is 0.211. The van der Waals surface area contributed by atoms with Gasteiger partial charge in [0.15, 0.2) is 6.10 Å². The minimum atomic E-state index is -0.935. The lowest BCUT2D eigenvalue weighted by molar-refractivity contribution is -0.153. The number of hydrogen-bond donors (Lipinski definition) is 2. The maximum Gasteiger partial charge on any atom is 0.308 e. The van der Waals surface area contributed by atoms with E-state index in [0.717, 1.165) is 0 Å². The Bertz CT molecular complexity index is 763. The molecule has 7 heteroatoms. The van der Waals surface area contributed by atoms with Gasteiger partial charge in [0.2, 0.25) is 0 Å². The fourth-order valence-corrected chi connectivity index (χ4v) is 2.18. The summed E-state index contributed by atoms with van der Waals surface area (Å²) in [5, 5.41) is 5.79. The van der Waals surface area contributed by atoms with Crippen LogP contribution in [0.2, 0.25) is 5.02 Å². The Morgan fingerprint density at radius 1 is 1.04 bits per heavy atom. The number of esters is 1. The number of hydrogen-bond acceptors (Lipinski definition) is 4. The zero-order chi connectivity index (χ0) is 18.9. The third-order valence-corrected chi connectivity index (χ3v) is 3.69. The molecule has 0 saturated carbocycles. The van der Waals surface area contributed by atoms with Gasteiger partial charge in [-0.15, -0.1) is 0 Å². The molecule has 0 heterocycles. The molecule has 2 aromatic rings. The molecule has 1 atom stereocenters. The normalized spacial score (nSPS) is 11.3. The quantitative estimate of drug-likeness (QED) is 0.729. The molecule has 0 bridgehead atoms. The zero-order valence-corrected chi connectivity index (χ0v) is 15.0. The van der Waals surface area contributed by atoms with Crippen LogP contribution in [0.4, 0.5) is 5.69 Å². The molecular weight excluding hydrogens is 356 g/mol. The lowest BCUT2D eigenvalue weighted by atomic mass is 10.2. The van der Waals surface area contributed by atoms with Crippen molar-refractivity contribution in [3.63, 3.8) is 0 Å². The SMILES string of the molecule is C[C@@H](OC(=O)CCNC(=O)c1ccc(Cl)cc1)C(=O)Nc1ccccc1. The van der Waals surface area contributed by atoms with Crippen molar-refractivity contribution in [3.05, 3.63) is 65.2 Å². The van der Waals surface area contributed by atoms with Gasteiger partial charge in [0.25, 0.3) is 11.8 Å². The van der Waals surface area contributed by atoms with Crippen molar-refractivity contribution >= 4 is 35.1 Å². The first-order valence-electron chi connectivity index (χ1n) is 8.05. The zero-order valence-electron chi connectivity index (χ0n) is 14.2. The van der Waals surface area contributed by atoms with E-state index < -0.39 is 18.0 Å². The summed E-state index contributed by atoms with van der Waals surface area (Å²) >= 11 is 5.76. The number of carbonyl (C=O) groups is 3. The van der Waals surface area contributed by atoms with Gasteiger partial charge in [-0.1, -0.05) is 29.8 Å². The third kappa shape index (κ3) is 6.22. The van der Waals surface area contributed by atoms with Gasteiger partial charge in [0.05, 0.1) is 6.42 Å². The summed E-state index contributed by atoms with van der Waals surface area (Å²) in [6, 6.07) is 15.3. The number of carbonyl (C=O) groups excluding carboxylic acids is 3. The first-order valence-corrected chi connectivity index (χ1v) is 8.42. The van der Waals surface area contributed by atoms with Gasteiger partial charge in [-0.3, -0.25) is 14.4 Å². The van der Waals surface area contributed by atoms with Crippen molar-refractivity contribution in [2.75, 3.05) is 11.9 Å². The van der Waals surface area contributed by atoms with Crippen LogP contribution in [0.1, 0.15) is 23.7 Å². The van der Waals surface area contributed by atoms with E-state index in [1.165, 1.54) is 6.92 Å². The van der Waals surface area contributed by atoms with Crippen molar-refractivity contribution in [2.24, 2.45) is 0 Å². The molecule has 136 valence electrons. The van der Waals surface area contributed by atoms with Crippen LogP contribution < -0.4 is 10.6 Å². The lowest BCUT2D eigenvalue weighted by Gasteiger charge is -2.13. The average molecular weight is 375 g/mol. The Labute approximate surface area is 156 Å². The number of rotatable bonds is 7. The summed E-state index contributed by atoms with van der Waals surface area (Å²) in [7, 11) is 0. The van der Waals surface area contributed by atoms with Crippen LogP contribution in [0.5, 0.6) is 0 Å². The Morgan fingerprint density at radius 2 is 1.69 bits per heavy atom. The van der Waals surface area contributed by atoms with Gasteiger partial charge in [-0.25, -0.2) is 0 Å². The van der Waals surface area contributed by atoms with E-state index >= 15 is 0 Å². The molecule has 0 saturated heterocycles. The lowest BCUT2D eigenvalue weighted by Crippen LogP contribution is -2.32. The molecule has 26 heavy (non-hydrogen) atoms. The van der Waals surface area contributed by atoms with E-state index in [4.69, 9.17) is 16.3 Å². The van der Waals surface area contributed by atoms with Crippen LogP contribution in [0.15, 0.2) is 54.6 Å². The average Bonchev–Trinajstić information content (AvgIpc) is 2.63. The standard InChI is InChI=1S/C19H19ClN2O4/c1-13(18(24)22-16-5-3-2-4-6-16)26-17(23)11-12-21-19(25)14-7-9-15(20)10-8-14/h2-10,13H,11-12H2,1H3,(H,21,25)(H,22,24)/t13-/m1/s1. The molecule has 2 N–H and O–H groups in total. The van der Waals surface area contributed by atoms with Gasteiger partial charge in [-0.05, 0) is 43.3 Å². The van der Waals surface area contributed by atoms with Crippen LogP contribution in [-0.2, 0) is 14.3 Å². The van der Waals surface area contributed by atoms with Crippen LogP contribution >= 0.6 is 11.6 Å². The Kier molecular flexibility index (Phi) is 7.17. The monoisotopic (exact) mass is 374 g/mol. The predicted octanol–water partition coefficient (Wildman–Crippen LogP) is 3.03. The minimum Gasteiger partial charge on any atom is -0.452 e. The molecule has 6 nitrogen and oxygen atoms in total. The molecule has 2 amide bonds. The topological polar surface area (TPSA) is 84.5 Å². The summed E-state index contributed by atoms with van der Waals surface area (Å²) in [4.78, 5) is 35.7. The number of nitrogens with one attached hydrogen (secondary N) is 2. The van der Waals surface area contributed by atoms with Crippen molar-refractivity contribution in [1.29, 1.82) is 0 Å². The molecule has 0 fully saturated rings. The molecular formula is C19H19ClN2O4. The highest BCUT2D eigenvalue weighted by molar-refractivity contribution is 6.30. The maximum atomic E-state index is 12.0. The van der Waals surface area contributed by atoms with Gasteiger partial charge < -0.3 is 15.4 Å². The molecule has 0 radical (unpaired) electrons. The van der Waals surface area contributed by atoms with E-state index in [0.29, 0.717) is 16.3 Å². The highest BCUT2D eigenvalue weighted by Gasteiger charge is 2.18. The second-order valence-electron chi connectivity index (χ2n) is 5.50. The van der Waals surface area contributed by atoms with E-state index in [-0.39, 0.29) is 18.9 Å². The van der Waals surface area contributed by atoms with Crippen molar-refractivity contribution in [3.8, 4) is 0 Å². The summed E-state index contributed by atoms with van der Waals surface area (Å²) in [6.45, 7) is 1.59. The molecule has 0 aliphatic rings. The Morgan fingerprint density at radius 3 is 2.35 bits per heavy atom. The number of halogens is 1. The number of anilines is 1. The van der Waals surface area contributed by atoms with Crippen molar-refractivity contribution in [1.82, 2.24) is 5.32 Å². The summed E-state index contributed by atoms with van der Waals surface area (Å²) in [5.74, 6) is -1.31. The van der Waals surface area contributed by atoms with Gasteiger partial charge in [0.1, 0.15) is 0 Å². The largest absolute Gasteiger partial charge is 0.452 e. The summed E-state index contributed by atoms with van der Waals surface area (Å²) in [5.41, 5.74) is 1.06. The number of amides is 2. The smallest absolute Gasteiger partial charge is 0.308 e. The molecule has 0 aliphatic carbocycles. The van der Waals surface area contributed by atoms with Crippen molar-refractivity contribution in [2.45, 2.75) is 19.4 Å². The number of para-hydroxylation sites is 1.